The summed E-state index contributed by atoms with van der Waals surface area (Å²) >= 11 is 0. The molecule has 4 rings (SSSR count). The second-order valence-electron chi connectivity index (χ2n) is 6.01. The van der Waals surface area contributed by atoms with E-state index in [0.29, 0.717) is 5.41 Å². The summed E-state index contributed by atoms with van der Waals surface area (Å²) in [5.74, 6) is 2.53. The number of rotatable bonds is 1. The van der Waals surface area contributed by atoms with Crippen molar-refractivity contribution in [2.45, 2.75) is 32.4 Å². The average Bonchev–Trinajstić information content (AvgIpc) is 2.97. The van der Waals surface area contributed by atoms with Crippen molar-refractivity contribution in [2.75, 3.05) is 6.61 Å². The van der Waals surface area contributed by atoms with E-state index >= 15 is 0 Å². The van der Waals surface area contributed by atoms with Crippen molar-refractivity contribution in [3.63, 3.8) is 0 Å². The van der Waals surface area contributed by atoms with E-state index in [1.54, 1.807) is 0 Å². The van der Waals surface area contributed by atoms with Crippen molar-refractivity contribution >= 4 is 0 Å². The van der Waals surface area contributed by atoms with Crippen LogP contribution in [0.1, 0.15) is 32.4 Å². The first-order valence-corrected chi connectivity index (χ1v) is 6.38. The largest absolute Gasteiger partial charge is 0.357 e. The predicted octanol–water partition coefficient (Wildman–Crippen LogP) is 2.46. The van der Waals surface area contributed by atoms with E-state index in [-0.39, 0.29) is 6.23 Å². The van der Waals surface area contributed by atoms with Gasteiger partial charge in [-0.2, -0.15) is 0 Å². The smallest absolute Gasteiger partial charge is 0.138 e. The van der Waals surface area contributed by atoms with Crippen molar-refractivity contribution in [2.24, 2.45) is 23.2 Å². The van der Waals surface area contributed by atoms with Crippen LogP contribution in [0.5, 0.6) is 0 Å². The Kier molecular flexibility index (Phi) is 1.67. The van der Waals surface area contributed by atoms with Gasteiger partial charge in [0.1, 0.15) is 6.23 Å². The molecule has 2 bridgehead atoms. The van der Waals surface area contributed by atoms with Crippen LogP contribution < -0.4 is 0 Å². The van der Waals surface area contributed by atoms with Gasteiger partial charge in [0.25, 0.3) is 0 Å². The van der Waals surface area contributed by atoms with Crippen LogP contribution in [0, 0.1) is 23.2 Å². The van der Waals surface area contributed by atoms with Gasteiger partial charge in [-0.3, -0.25) is 0 Å². The fourth-order valence-electron chi connectivity index (χ4n) is 4.58. The third kappa shape index (κ3) is 0.956. The summed E-state index contributed by atoms with van der Waals surface area (Å²) in [5.41, 5.74) is 0.442. The molecule has 1 aliphatic heterocycles. The third-order valence-corrected chi connectivity index (χ3v) is 5.37. The molecular formula is C13H18N2O. The van der Waals surface area contributed by atoms with Crippen molar-refractivity contribution in [1.82, 2.24) is 9.55 Å². The molecule has 1 aromatic rings. The normalized spacial score (nSPS) is 49.8. The van der Waals surface area contributed by atoms with E-state index in [4.69, 9.17) is 4.74 Å². The van der Waals surface area contributed by atoms with Gasteiger partial charge < -0.3 is 9.30 Å². The second-order valence-corrected chi connectivity index (χ2v) is 6.01. The van der Waals surface area contributed by atoms with Gasteiger partial charge in [0.05, 0.1) is 12.9 Å². The van der Waals surface area contributed by atoms with Crippen molar-refractivity contribution in [3.05, 3.63) is 18.7 Å². The summed E-state index contributed by atoms with van der Waals surface area (Å²) in [6.07, 6.45) is 10.3. The van der Waals surface area contributed by atoms with E-state index in [9.17, 15) is 0 Å². The second kappa shape index (κ2) is 2.89. The SMILES string of the molecule is C[C@@]12CO[C@@H](n3ccnc3)[C@@H]1[C@H]1CC[C@@H]2C1. The standard InChI is InChI=1S/C13H18N2O/c1-13-7-16-12(15-5-4-14-8-15)11(13)9-2-3-10(13)6-9/h4-5,8-12H,2-3,6-7H2,1H3/t9-,10+,11-,12+,13-/m0/s1. The van der Waals surface area contributed by atoms with Gasteiger partial charge >= 0.3 is 0 Å². The molecule has 3 nitrogen and oxygen atoms in total. The number of aromatic nitrogens is 2. The molecule has 0 N–H and O–H groups in total. The minimum atomic E-state index is 0.253. The molecule has 1 saturated heterocycles. The number of hydrogen-bond acceptors (Lipinski definition) is 2. The highest BCUT2D eigenvalue weighted by Crippen LogP contribution is 2.65. The van der Waals surface area contributed by atoms with Gasteiger partial charge in [-0.25, -0.2) is 4.98 Å². The van der Waals surface area contributed by atoms with Gasteiger partial charge in [-0.15, -0.1) is 0 Å². The minimum Gasteiger partial charge on any atom is -0.357 e. The Morgan fingerprint density at radius 1 is 1.44 bits per heavy atom. The van der Waals surface area contributed by atoms with Crippen LogP contribution >= 0.6 is 0 Å². The zero-order valence-corrected chi connectivity index (χ0v) is 9.67. The van der Waals surface area contributed by atoms with E-state index in [1.165, 1.54) is 19.3 Å². The zero-order valence-electron chi connectivity index (χ0n) is 9.67. The fourth-order valence-corrected chi connectivity index (χ4v) is 4.58. The highest BCUT2D eigenvalue weighted by molar-refractivity contribution is 5.08. The van der Waals surface area contributed by atoms with Gasteiger partial charge in [0.15, 0.2) is 0 Å². The van der Waals surface area contributed by atoms with E-state index in [1.807, 2.05) is 18.7 Å². The molecule has 2 heterocycles. The molecule has 0 aromatic carbocycles. The Labute approximate surface area is 95.8 Å². The highest BCUT2D eigenvalue weighted by Gasteiger charge is 2.62. The molecule has 86 valence electrons. The zero-order chi connectivity index (χ0) is 10.8. The van der Waals surface area contributed by atoms with Crippen LogP contribution in [0.25, 0.3) is 0 Å². The average molecular weight is 218 g/mol. The van der Waals surface area contributed by atoms with Gasteiger partial charge in [0.2, 0.25) is 0 Å². The number of hydrogen-bond donors (Lipinski definition) is 0. The lowest BCUT2D eigenvalue weighted by Crippen LogP contribution is -2.33. The van der Waals surface area contributed by atoms with Crippen LogP contribution in [-0.4, -0.2) is 16.2 Å². The maximum absolute atomic E-state index is 6.07. The molecule has 2 aliphatic carbocycles. The molecule has 0 radical (unpaired) electrons. The molecule has 2 saturated carbocycles. The van der Waals surface area contributed by atoms with E-state index in [2.05, 4.69) is 16.5 Å². The number of nitrogens with zero attached hydrogens (tertiary/aromatic N) is 2. The molecule has 3 fully saturated rings. The minimum absolute atomic E-state index is 0.253. The first-order valence-electron chi connectivity index (χ1n) is 6.38. The summed E-state index contributed by atoms with van der Waals surface area (Å²) in [5, 5.41) is 0. The molecule has 0 unspecified atom stereocenters. The Hall–Kier alpha value is -0.830. The Balaban J connectivity index is 1.73. The molecule has 1 aromatic heterocycles. The van der Waals surface area contributed by atoms with Crippen molar-refractivity contribution in [3.8, 4) is 0 Å². The maximum Gasteiger partial charge on any atom is 0.138 e. The van der Waals surface area contributed by atoms with Crippen molar-refractivity contribution < 1.29 is 4.74 Å². The van der Waals surface area contributed by atoms with Crippen LogP contribution in [-0.2, 0) is 4.74 Å². The van der Waals surface area contributed by atoms with Crippen LogP contribution in [0.15, 0.2) is 18.7 Å². The maximum atomic E-state index is 6.07. The lowest BCUT2D eigenvalue weighted by atomic mass is 9.68. The molecular weight excluding hydrogens is 200 g/mol. The summed E-state index contributed by atoms with van der Waals surface area (Å²) in [6.45, 7) is 3.39. The predicted molar refractivity (Wildman–Crippen MR) is 59.6 cm³/mol. The summed E-state index contributed by atoms with van der Waals surface area (Å²) < 4.78 is 8.23. The Bertz CT molecular complexity index is 402. The van der Waals surface area contributed by atoms with Crippen LogP contribution in [0.4, 0.5) is 0 Å². The number of fused-ring (bicyclic) bond motifs is 5. The molecule has 5 atom stereocenters. The van der Waals surface area contributed by atoms with Gasteiger partial charge in [-0.1, -0.05) is 6.92 Å². The third-order valence-electron chi connectivity index (χ3n) is 5.37. The molecule has 0 spiro atoms. The fraction of sp³-hybridized carbons (Fsp3) is 0.769. The molecule has 16 heavy (non-hydrogen) atoms. The molecule has 3 aliphatic rings. The monoisotopic (exact) mass is 218 g/mol. The number of ether oxygens (including phenoxy) is 1. The quantitative estimate of drug-likeness (QED) is 0.724. The summed E-state index contributed by atoms with van der Waals surface area (Å²) in [6, 6.07) is 0. The number of imidazole rings is 1. The van der Waals surface area contributed by atoms with E-state index < -0.39 is 0 Å². The molecule has 3 heteroatoms. The first-order chi connectivity index (χ1) is 7.79. The van der Waals surface area contributed by atoms with Crippen LogP contribution in [0.2, 0.25) is 0 Å². The summed E-state index contributed by atoms with van der Waals surface area (Å²) in [7, 11) is 0. The van der Waals surface area contributed by atoms with E-state index in [0.717, 1.165) is 24.4 Å². The topological polar surface area (TPSA) is 27.1 Å². The Morgan fingerprint density at radius 3 is 3.19 bits per heavy atom. The highest BCUT2D eigenvalue weighted by atomic mass is 16.5. The first kappa shape index (κ1) is 9.23. The lowest BCUT2D eigenvalue weighted by Gasteiger charge is -2.35. The Morgan fingerprint density at radius 2 is 2.38 bits per heavy atom. The summed E-state index contributed by atoms with van der Waals surface area (Å²) in [4.78, 5) is 4.15. The van der Waals surface area contributed by atoms with Crippen LogP contribution in [0.3, 0.4) is 0 Å². The van der Waals surface area contributed by atoms with Gasteiger partial charge in [0, 0.05) is 23.7 Å². The molecule has 0 amide bonds. The lowest BCUT2D eigenvalue weighted by molar-refractivity contribution is 0.0185. The van der Waals surface area contributed by atoms with Gasteiger partial charge in [-0.05, 0) is 31.1 Å². The van der Waals surface area contributed by atoms with Crippen molar-refractivity contribution in [1.29, 1.82) is 0 Å².